The van der Waals surface area contributed by atoms with Gasteiger partial charge in [-0.2, -0.15) is 0 Å². The van der Waals surface area contributed by atoms with E-state index in [1.165, 1.54) is 44.8 Å². The Hall–Kier alpha value is -1.47. The first-order chi connectivity index (χ1) is 13.3. The molecule has 2 aliphatic rings. The van der Waals surface area contributed by atoms with Crippen LogP contribution >= 0.6 is 23.1 Å². The average Bonchev–Trinajstić information content (AvgIpc) is 3.25. The van der Waals surface area contributed by atoms with Crippen molar-refractivity contribution in [1.82, 2.24) is 19.8 Å². The molecule has 0 spiro atoms. The molecule has 0 radical (unpaired) electrons. The van der Waals surface area contributed by atoms with Gasteiger partial charge < -0.3 is 4.90 Å². The molecule has 3 aromatic rings. The molecule has 6 heteroatoms. The fraction of sp³-hybridized carbons (Fsp3) is 0.429. The van der Waals surface area contributed by atoms with Gasteiger partial charge in [0, 0.05) is 41.3 Å². The van der Waals surface area contributed by atoms with Gasteiger partial charge in [0.2, 0.25) is 0 Å². The minimum Gasteiger partial charge on any atom is -0.304 e. The molecule has 0 unspecified atom stereocenters. The zero-order valence-corrected chi connectivity index (χ0v) is 17.3. The lowest BCUT2D eigenvalue weighted by Gasteiger charge is -2.31. The molecule has 1 aliphatic heterocycles. The predicted molar refractivity (Wildman–Crippen MR) is 113 cm³/mol. The van der Waals surface area contributed by atoms with Gasteiger partial charge in [-0.05, 0) is 44.0 Å². The summed E-state index contributed by atoms with van der Waals surface area (Å²) in [6.45, 7) is 5.30. The predicted octanol–water partition coefficient (Wildman–Crippen LogP) is 4.08. The summed E-state index contributed by atoms with van der Waals surface area (Å²) in [5, 5.41) is 2.47. The SMILES string of the molecule is CN1CCN(Cc2nc(Sc3ccccc3)c3c4c(sc3n2)CCC4)CC1. The Morgan fingerprint density at radius 2 is 1.85 bits per heavy atom. The van der Waals surface area contributed by atoms with Crippen molar-refractivity contribution in [1.29, 1.82) is 0 Å². The van der Waals surface area contributed by atoms with Gasteiger partial charge in [0.1, 0.15) is 15.7 Å². The molecule has 1 aromatic carbocycles. The molecule has 27 heavy (non-hydrogen) atoms. The Labute approximate surface area is 168 Å². The second-order valence-corrected chi connectivity index (χ2v) is 9.62. The van der Waals surface area contributed by atoms with E-state index in [4.69, 9.17) is 9.97 Å². The van der Waals surface area contributed by atoms with Crippen LogP contribution in [0, 0.1) is 0 Å². The first kappa shape index (κ1) is 17.6. The van der Waals surface area contributed by atoms with Crippen molar-refractivity contribution in [3.8, 4) is 0 Å². The Kier molecular flexibility index (Phi) is 4.90. The van der Waals surface area contributed by atoms with Crippen LogP contribution in [0.15, 0.2) is 40.3 Å². The van der Waals surface area contributed by atoms with Crippen LogP contribution in [0.25, 0.3) is 10.2 Å². The second kappa shape index (κ2) is 7.51. The van der Waals surface area contributed by atoms with E-state index in [1.54, 1.807) is 11.8 Å². The highest BCUT2D eigenvalue weighted by atomic mass is 32.2. The van der Waals surface area contributed by atoms with Gasteiger partial charge >= 0.3 is 0 Å². The van der Waals surface area contributed by atoms with Gasteiger partial charge in [-0.1, -0.05) is 30.0 Å². The number of aromatic nitrogens is 2. The largest absolute Gasteiger partial charge is 0.304 e. The summed E-state index contributed by atoms with van der Waals surface area (Å²) >= 11 is 3.69. The zero-order valence-electron chi connectivity index (χ0n) is 15.6. The summed E-state index contributed by atoms with van der Waals surface area (Å²) in [5.41, 5.74) is 1.51. The third-order valence-electron chi connectivity index (χ3n) is 5.50. The highest BCUT2D eigenvalue weighted by Gasteiger charge is 2.23. The summed E-state index contributed by atoms with van der Waals surface area (Å²) < 4.78 is 0. The van der Waals surface area contributed by atoms with Crippen molar-refractivity contribution >= 4 is 33.3 Å². The van der Waals surface area contributed by atoms with E-state index in [9.17, 15) is 0 Å². The first-order valence-electron chi connectivity index (χ1n) is 9.71. The molecular formula is C21H24N4S2. The summed E-state index contributed by atoms with van der Waals surface area (Å²) in [5.74, 6) is 0.977. The molecule has 0 bridgehead atoms. The third-order valence-corrected chi connectivity index (χ3v) is 7.68. The maximum absolute atomic E-state index is 5.06. The smallest absolute Gasteiger partial charge is 0.145 e. The van der Waals surface area contributed by atoms with Gasteiger partial charge in [-0.3, -0.25) is 4.90 Å². The molecule has 3 heterocycles. The van der Waals surface area contributed by atoms with Gasteiger partial charge in [-0.25, -0.2) is 9.97 Å². The van der Waals surface area contributed by atoms with E-state index in [1.807, 2.05) is 11.3 Å². The maximum atomic E-state index is 5.06. The molecule has 1 aliphatic carbocycles. The normalized spacial score (nSPS) is 18.3. The van der Waals surface area contributed by atoms with Crippen molar-refractivity contribution in [3.05, 3.63) is 46.6 Å². The average molecular weight is 397 g/mol. The quantitative estimate of drug-likeness (QED) is 0.621. The Bertz CT molecular complexity index is 946. The Balaban J connectivity index is 1.51. The number of likely N-dealkylation sites (N-methyl/N-ethyl adjacent to an activating group) is 1. The molecule has 2 aromatic heterocycles. The summed E-state index contributed by atoms with van der Waals surface area (Å²) in [6.07, 6.45) is 3.66. The molecule has 1 saturated heterocycles. The van der Waals surface area contributed by atoms with Crippen LogP contribution in [0.2, 0.25) is 0 Å². The van der Waals surface area contributed by atoms with Gasteiger partial charge in [0.05, 0.1) is 6.54 Å². The lowest BCUT2D eigenvalue weighted by Crippen LogP contribution is -2.44. The van der Waals surface area contributed by atoms with Crippen LogP contribution in [0.5, 0.6) is 0 Å². The maximum Gasteiger partial charge on any atom is 0.145 e. The first-order valence-corrected chi connectivity index (χ1v) is 11.3. The minimum atomic E-state index is 0.856. The van der Waals surface area contributed by atoms with Crippen LogP contribution in [-0.4, -0.2) is 53.0 Å². The second-order valence-electron chi connectivity index (χ2n) is 7.48. The molecule has 0 atom stereocenters. The van der Waals surface area contributed by atoms with Crippen LogP contribution in [0.1, 0.15) is 22.7 Å². The topological polar surface area (TPSA) is 32.3 Å². The number of fused-ring (bicyclic) bond motifs is 3. The van der Waals surface area contributed by atoms with Crippen molar-refractivity contribution in [2.75, 3.05) is 33.2 Å². The van der Waals surface area contributed by atoms with Gasteiger partial charge in [0.15, 0.2) is 0 Å². The summed E-state index contributed by atoms with van der Waals surface area (Å²) in [7, 11) is 2.20. The number of benzene rings is 1. The molecule has 1 fully saturated rings. The molecule has 0 amide bonds. The Morgan fingerprint density at radius 1 is 1.04 bits per heavy atom. The van der Waals surface area contributed by atoms with E-state index in [-0.39, 0.29) is 0 Å². The monoisotopic (exact) mass is 396 g/mol. The molecular weight excluding hydrogens is 372 g/mol. The van der Waals surface area contributed by atoms with Crippen molar-refractivity contribution < 1.29 is 0 Å². The van der Waals surface area contributed by atoms with E-state index in [0.717, 1.165) is 43.6 Å². The molecule has 0 N–H and O–H groups in total. The molecule has 0 saturated carbocycles. The van der Waals surface area contributed by atoms with Crippen molar-refractivity contribution in [2.24, 2.45) is 0 Å². The van der Waals surface area contributed by atoms with Crippen LogP contribution in [-0.2, 0) is 19.4 Å². The molecule has 5 rings (SSSR count). The number of thiophene rings is 1. The van der Waals surface area contributed by atoms with Gasteiger partial charge in [-0.15, -0.1) is 11.3 Å². The van der Waals surface area contributed by atoms with E-state index in [2.05, 4.69) is 47.2 Å². The highest BCUT2D eigenvalue weighted by molar-refractivity contribution is 7.99. The summed E-state index contributed by atoms with van der Waals surface area (Å²) in [6, 6.07) is 10.6. The summed E-state index contributed by atoms with van der Waals surface area (Å²) in [4.78, 5) is 18.9. The third kappa shape index (κ3) is 3.63. The standard InChI is InChI=1S/C21H24N4S2/c1-24-10-12-25(13-11-24)14-18-22-20(26-15-6-3-2-4-7-15)19-16-8-5-9-17(16)27-21(19)23-18/h2-4,6-7H,5,8-14H2,1H3. The number of aryl methyl sites for hydroxylation is 2. The fourth-order valence-electron chi connectivity index (χ4n) is 3.96. The minimum absolute atomic E-state index is 0.856. The molecule has 4 nitrogen and oxygen atoms in total. The number of hydrogen-bond donors (Lipinski definition) is 0. The zero-order chi connectivity index (χ0) is 18.2. The van der Waals surface area contributed by atoms with Crippen LogP contribution < -0.4 is 0 Å². The fourth-order valence-corrected chi connectivity index (χ4v) is 6.29. The van der Waals surface area contributed by atoms with E-state index < -0.39 is 0 Å². The molecule has 140 valence electrons. The van der Waals surface area contributed by atoms with Crippen LogP contribution in [0.3, 0.4) is 0 Å². The lowest BCUT2D eigenvalue weighted by molar-refractivity contribution is 0.145. The lowest BCUT2D eigenvalue weighted by atomic mass is 10.2. The van der Waals surface area contributed by atoms with Crippen LogP contribution in [0.4, 0.5) is 0 Å². The number of piperazine rings is 1. The van der Waals surface area contributed by atoms with E-state index >= 15 is 0 Å². The highest BCUT2D eigenvalue weighted by Crippen LogP contribution is 2.42. The number of hydrogen-bond acceptors (Lipinski definition) is 6. The van der Waals surface area contributed by atoms with Crippen molar-refractivity contribution in [3.63, 3.8) is 0 Å². The number of nitrogens with zero attached hydrogens (tertiary/aromatic N) is 4. The number of rotatable bonds is 4. The van der Waals surface area contributed by atoms with E-state index in [0.29, 0.717) is 0 Å². The van der Waals surface area contributed by atoms with Gasteiger partial charge in [0.25, 0.3) is 0 Å². The van der Waals surface area contributed by atoms with Crippen molar-refractivity contribution in [2.45, 2.75) is 35.7 Å². The Morgan fingerprint density at radius 3 is 2.67 bits per heavy atom.